The Hall–Kier alpha value is -0.292. The van der Waals surface area contributed by atoms with Crippen LogP contribution in [0, 0.1) is 0 Å². The maximum absolute atomic E-state index is 6.57. The third-order valence-corrected chi connectivity index (χ3v) is 13.0. The Bertz CT molecular complexity index is 485. The molecule has 1 rings (SSSR count). The van der Waals surface area contributed by atoms with Gasteiger partial charge in [-0.1, -0.05) is 36.9 Å². The molecule has 0 aliphatic carbocycles. The van der Waals surface area contributed by atoms with E-state index in [1.165, 1.54) is 5.19 Å². The van der Waals surface area contributed by atoms with Crippen LogP contribution in [-0.2, 0) is 12.7 Å². The summed E-state index contributed by atoms with van der Waals surface area (Å²) < 4.78 is 19.4. The van der Waals surface area contributed by atoms with E-state index in [1.54, 1.807) is 0 Å². The fourth-order valence-corrected chi connectivity index (χ4v) is 14.0. The smallest absolute Gasteiger partial charge is 0.376 e. The average molecular weight is 385 g/mol. The molecule has 0 aliphatic heterocycles. The molecule has 0 bridgehead atoms. The summed E-state index contributed by atoms with van der Waals surface area (Å²) in [7, 11) is -6.68. The van der Waals surface area contributed by atoms with Crippen molar-refractivity contribution < 1.29 is 12.7 Å². The third-order valence-electron chi connectivity index (χ3n) is 3.13. The summed E-state index contributed by atoms with van der Waals surface area (Å²) in [6, 6.07) is 8.47. The van der Waals surface area contributed by atoms with Gasteiger partial charge in [0.05, 0.1) is 6.23 Å². The molecular weight excluding hydrogens is 353 g/mol. The summed E-state index contributed by atoms with van der Waals surface area (Å²) in [6.45, 7) is 19.3. The first kappa shape index (κ1) is 20.8. The molecule has 0 atom stereocenters. The van der Waals surface area contributed by atoms with Crippen LogP contribution < -0.4 is 5.19 Å². The van der Waals surface area contributed by atoms with Gasteiger partial charge in [-0.05, 0) is 56.6 Å². The topological polar surface area (TPSA) is 27.7 Å². The Morgan fingerprint density at radius 3 is 1.78 bits per heavy atom. The molecule has 1 aromatic rings. The van der Waals surface area contributed by atoms with E-state index in [1.807, 2.05) is 6.08 Å². The highest BCUT2D eigenvalue weighted by molar-refractivity contribution is 6.90. The van der Waals surface area contributed by atoms with Gasteiger partial charge < -0.3 is 12.7 Å². The lowest BCUT2D eigenvalue weighted by Gasteiger charge is -2.36. The van der Waals surface area contributed by atoms with Crippen LogP contribution in [0.1, 0.15) is 5.56 Å². The van der Waals surface area contributed by atoms with Crippen molar-refractivity contribution in [2.45, 2.75) is 45.8 Å². The second kappa shape index (κ2) is 8.70. The molecular formula is C16H32O3Si4. The number of benzene rings is 1. The van der Waals surface area contributed by atoms with Crippen molar-refractivity contribution in [2.24, 2.45) is 0 Å². The number of hydrogen-bond donors (Lipinski definition) is 0. The molecule has 130 valence electrons. The van der Waals surface area contributed by atoms with Gasteiger partial charge in [0.15, 0.2) is 26.4 Å². The monoisotopic (exact) mass is 384 g/mol. The van der Waals surface area contributed by atoms with E-state index < -0.39 is 35.0 Å². The van der Waals surface area contributed by atoms with Gasteiger partial charge in [0.1, 0.15) is 0 Å². The van der Waals surface area contributed by atoms with Crippen LogP contribution in [0.15, 0.2) is 30.8 Å². The van der Waals surface area contributed by atoms with E-state index in [0.717, 1.165) is 5.56 Å². The summed E-state index contributed by atoms with van der Waals surface area (Å²) in [6.07, 6.45) is 2.47. The molecule has 0 spiro atoms. The molecule has 3 nitrogen and oxygen atoms in total. The van der Waals surface area contributed by atoms with Crippen LogP contribution in [0.25, 0.3) is 6.08 Å². The summed E-state index contributed by atoms with van der Waals surface area (Å²) >= 11 is 0. The average Bonchev–Trinajstić information content (AvgIpc) is 2.43. The Labute approximate surface area is 147 Å². The van der Waals surface area contributed by atoms with Crippen LogP contribution in [0.2, 0.25) is 45.8 Å². The highest BCUT2D eigenvalue weighted by Crippen LogP contribution is 2.17. The maximum Gasteiger partial charge on any atom is 0.376 e. The fourth-order valence-electron chi connectivity index (χ4n) is 2.26. The predicted molar refractivity (Wildman–Crippen MR) is 111 cm³/mol. The van der Waals surface area contributed by atoms with Crippen LogP contribution in [0.4, 0.5) is 0 Å². The van der Waals surface area contributed by atoms with Gasteiger partial charge in [0, 0.05) is 0 Å². The second-order valence-corrected chi connectivity index (χ2v) is 20.3. The summed E-state index contributed by atoms with van der Waals surface area (Å²) in [5, 5.41) is 1.18. The van der Waals surface area contributed by atoms with Gasteiger partial charge >= 0.3 is 8.56 Å². The molecule has 23 heavy (non-hydrogen) atoms. The van der Waals surface area contributed by atoms with Gasteiger partial charge in [0.25, 0.3) is 0 Å². The van der Waals surface area contributed by atoms with Crippen molar-refractivity contribution in [1.29, 1.82) is 0 Å². The van der Waals surface area contributed by atoms with Crippen molar-refractivity contribution in [3.05, 3.63) is 36.4 Å². The molecule has 0 saturated carbocycles. The molecule has 0 saturated heterocycles. The first-order valence-electron chi connectivity index (χ1n) is 8.30. The van der Waals surface area contributed by atoms with Gasteiger partial charge in [-0.15, -0.1) is 0 Å². The number of hydrogen-bond acceptors (Lipinski definition) is 3. The van der Waals surface area contributed by atoms with Gasteiger partial charge in [-0.25, -0.2) is 0 Å². The van der Waals surface area contributed by atoms with Crippen molar-refractivity contribution >= 4 is 46.2 Å². The Balaban J connectivity index is 3.24. The second-order valence-electron chi connectivity index (χ2n) is 7.31. The maximum atomic E-state index is 6.57. The van der Waals surface area contributed by atoms with E-state index >= 15 is 0 Å². The highest BCUT2D eigenvalue weighted by Gasteiger charge is 2.43. The molecule has 0 radical (unpaired) electrons. The molecule has 0 aromatic heterocycles. The van der Waals surface area contributed by atoms with Gasteiger partial charge in [-0.3, -0.25) is 0 Å². The molecule has 0 aliphatic rings. The molecule has 0 amide bonds. The predicted octanol–water partition coefficient (Wildman–Crippen LogP) is 3.37. The van der Waals surface area contributed by atoms with E-state index in [4.69, 9.17) is 12.7 Å². The van der Waals surface area contributed by atoms with Crippen molar-refractivity contribution in [1.82, 2.24) is 0 Å². The lowest BCUT2D eigenvalue weighted by Crippen LogP contribution is -2.62. The quantitative estimate of drug-likeness (QED) is 0.611. The zero-order chi connectivity index (χ0) is 17.7. The van der Waals surface area contributed by atoms with E-state index in [2.05, 4.69) is 76.7 Å². The van der Waals surface area contributed by atoms with Crippen molar-refractivity contribution in [3.63, 3.8) is 0 Å². The largest absolute Gasteiger partial charge is 0.435 e. The Morgan fingerprint density at radius 2 is 1.43 bits per heavy atom. The van der Waals surface area contributed by atoms with Crippen LogP contribution >= 0.6 is 0 Å². The summed E-state index contributed by atoms with van der Waals surface area (Å²) in [4.78, 5) is 0. The Kier molecular flexibility index (Phi) is 7.85. The minimum absolute atomic E-state index is 0.604. The van der Waals surface area contributed by atoms with E-state index in [9.17, 15) is 0 Å². The minimum Gasteiger partial charge on any atom is -0.435 e. The molecule has 7 heteroatoms. The lowest BCUT2D eigenvalue weighted by atomic mass is 10.2. The van der Waals surface area contributed by atoms with E-state index in [-0.39, 0.29) is 0 Å². The third kappa shape index (κ3) is 7.00. The Morgan fingerprint density at radius 1 is 0.957 bits per heavy atom. The van der Waals surface area contributed by atoms with Gasteiger partial charge in [-0.2, -0.15) is 0 Å². The zero-order valence-electron chi connectivity index (χ0n) is 15.7. The van der Waals surface area contributed by atoms with E-state index in [0.29, 0.717) is 6.23 Å². The zero-order valence-corrected chi connectivity index (χ0v) is 20.0. The molecule has 0 unspecified atom stereocenters. The standard InChI is InChI=1S/C16H32O3Si4/c1-9-15-10-12-16(13-11-15)23(18-20(2)3,19-21(4)5)14-17-22(6,7)8/h9-13,20-21H,1,14H2,2-8H3. The molecule has 1 aromatic carbocycles. The van der Waals surface area contributed by atoms with Crippen molar-refractivity contribution in [3.8, 4) is 0 Å². The lowest BCUT2D eigenvalue weighted by molar-refractivity contribution is 0.302. The molecule has 0 fully saturated rings. The summed E-state index contributed by atoms with van der Waals surface area (Å²) in [5.41, 5.74) is 1.12. The number of rotatable bonds is 9. The highest BCUT2D eigenvalue weighted by atomic mass is 28.5. The van der Waals surface area contributed by atoms with Gasteiger partial charge in [0.2, 0.25) is 0 Å². The van der Waals surface area contributed by atoms with Crippen molar-refractivity contribution in [2.75, 3.05) is 6.23 Å². The molecule has 0 N–H and O–H groups in total. The summed E-state index contributed by atoms with van der Waals surface area (Å²) in [5.74, 6) is 0. The fraction of sp³-hybridized carbons (Fsp3) is 0.500. The van der Waals surface area contributed by atoms with Crippen LogP contribution in [0.5, 0.6) is 0 Å². The normalized spacial score (nSPS) is 12.9. The first-order chi connectivity index (χ1) is 10.6. The minimum atomic E-state index is -2.54. The van der Waals surface area contributed by atoms with Crippen LogP contribution in [0.3, 0.4) is 0 Å². The SMILES string of the molecule is C=Cc1ccc([Si](CO[Si](C)(C)C)(O[SiH](C)C)O[SiH](C)C)cc1. The van der Waals surface area contributed by atoms with Crippen LogP contribution in [-0.4, -0.2) is 41.2 Å². The molecule has 0 heterocycles. The first-order valence-corrected chi connectivity index (χ1v) is 19.3.